The Bertz CT molecular complexity index is 1730. The van der Waals surface area contributed by atoms with Crippen LogP contribution in [0.1, 0.15) is 40.0 Å². The quantitative estimate of drug-likeness (QED) is 0.0527. The normalized spacial score (nSPS) is 10.8. The van der Waals surface area contributed by atoms with E-state index in [2.05, 4.69) is 14.7 Å². The van der Waals surface area contributed by atoms with Crippen molar-refractivity contribution in [3.05, 3.63) is 148 Å². The van der Waals surface area contributed by atoms with Crippen LogP contribution in [-0.4, -0.2) is 29.3 Å². The molecule has 5 rings (SSSR count). The number of fused-ring (bicyclic) bond motifs is 1. The molecule has 230 valence electrons. The zero-order valence-electron chi connectivity index (χ0n) is 24.5. The topological polar surface area (TPSA) is 104 Å². The average molecular weight is 610 g/mol. The minimum atomic E-state index is -0.845. The van der Waals surface area contributed by atoms with Crippen molar-refractivity contribution in [2.24, 2.45) is 0 Å². The van der Waals surface area contributed by atoms with Gasteiger partial charge in [0.1, 0.15) is 18.2 Å². The summed E-state index contributed by atoms with van der Waals surface area (Å²) in [6.45, 7) is 1.40. The van der Waals surface area contributed by atoms with Gasteiger partial charge in [0.2, 0.25) is 0 Å². The lowest BCUT2D eigenvalue weighted by molar-refractivity contribution is -0.757. The molecule has 45 heavy (non-hydrogen) atoms. The molecule has 0 saturated heterocycles. The van der Waals surface area contributed by atoms with Gasteiger partial charge in [-0.15, -0.1) is 10.1 Å². The lowest BCUT2D eigenvalue weighted by atomic mass is 10.1. The first-order valence-corrected chi connectivity index (χ1v) is 14.5. The van der Waals surface area contributed by atoms with Gasteiger partial charge in [0, 0.05) is 24.2 Å². The second-order valence-corrected chi connectivity index (χ2v) is 10.4. The molecule has 0 N–H and O–H groups in total. The molecule has 0 amide bonds. The zero-order valence-corrected chi connectivity index (χ0v) is 24.5. The van der Waals surface area contributed by atoms with Gasteiger partial charge < -0.3 is 19.2 Å². The van der Waals surface area contributed by atoms with Crippen molar-refractivity contribution in [2.45, 2.75) is 32.5 Å². The summed E-state index contributed by atoms with van der Waals surface area (Å²) in [4.78, 5) is 33.6. The molecule has 0 aliphatic heterocycles. The van der Waals surface area contributed by atoms with Crippen molar-refractivity contribution in [1.82, 2.24) is 4.98 Å². The zero-order chi connectivity index (χ0) is 31.4. The highest BCUT2D eigenvalue weighted by Gasteiger charge is 2.12. The Balaban J connectivity index is 1.22. The van der Waals surface area contributed by atoms with E-state index in [1.807, 2.05) is 78.9 Å². The number of para-hydroxylation sites is 1. The molecule has 0 fully saturated rings. The lowest BCUT2D eigenvalue weighted by Crippen LogP contribution is -2.22. The number of benzene rings is 4. The molecule has 0 aliphatic rings. The van der Waals surface area contributed by atoms with Gasteiger partial charge in [-0.25, -0.2) is 14.2 Å². The summed E-state index contributed by atoms with van der Waals surface area (Å²) >= 11 is 0. The van der Waals surface area contributed by atoms with Gasteiger partial charge in [0.15, 0.2) is 0 Å². The van der Waals surface area contributed by atoms with Crippen LogP contribution in [0.2, 0.25) is 0 Å². The second-order valence-electron chi connectivity index (χ2n) is 10.4. The van der Waals surface area contributed by atoms with E-state index in [1.165, 1.54) is 12.1 Å². The fraction of sp³-hybridized carbons (Fsp3) is 0.200. The van der Waals surface area contributed by atoms with E-state index in [4.69, 9.17) is 9.47 Å². The number of hydrogen-bond acceptors (Lipinski definition) is 8. The van der Waals surface area contributed by atoms with Gasteiger partial charge in [-0.2, -0.15) is 0 Å². The molecule has 10 heteroatoms. The average Bonchev–Trinajstić information content (AvgIpc) is 3.05. The van der Waals surface area contributed by atoms with E-state index in [9.17, 15) is 19.3 Å². The van der Waals surface area contributed by atoms with Crippen molar-refractivity contribution in [2.75, 3.05) is 18.1 Å². The summed E-state index contributed by atoms with van der Waals surface area (Å²) in [5, 5.41) is 10.4. The molecule has 0 aliphatic carbocycles. The molecule has 9 nitrogen and oxygen atoms in total. The highest BCUT2D eigenvalue weighted by molar-refractivity contribution is 5.89. The molecular weight excluding hydrogens is 577 g/mol. The van der Waals surface area contributed by atoms with Crippen LogP contribution in [0.3, 0.4) is 0 Å². The smallest absolute Gasteiger partial charge is 0.338 e. The van der Waals surface area contributed by atoms with E-state index in [0.717, 1.165) is 33.4 Å². The summed E-state index contributed by atoms with van der Waals surface area (Å²) in [5.74, 6) is -0.0675. The van der Waals surface area contributed by atoms with Crippen LogP contribution in [0.25, 0.3) is 10.9 Å². The molecular formula is C35H32FN3O6. The van der Waals surface area contributed by atoms with E-state index >= 15 is 0 Å². The Morgan fingerprint density at radius 1 is 0.822 bits per heavy atom. The van der Waals surface area contributed by atoms with Crippen LogP contribution in [0.15, 0.2) is 109 Å². The van der Waals surface area contributed by atoms with Crippen LogP contribution in [0, 0.1) is 15.9 Å². The number of carbonyl (C=O) groups is 1. The number of unbranched alkanes of at least 4 members (excludes halogenated alkanes) is 1. The van der Waals surface area contributed by atoms with Crippen LogP contribution < -0.4 is 9.64 Å². The largest absolute Gasteiger partial charge is 0.487 e. The number of nitrogens with zero attached hydrogens (tertiary/aromatic N) is 3. The number of halogens is 1. The minimum absolute atomic E-state index is 0.0378. The van der Waals surface area contributed by atoms with Gasteiger partial charge in [-0.3, -0.25) is 0 Å². The Hall–Kier alpha value is -5.51. The Morgan fingerprint density at radius 3 is 2.36 bits per heavy atom. The third-order valence-corrected chi connectivity index (χ3v) is 7.04. The van der Waals surface area contributed by atoms with E-state index in [1.54, 1.807) is 18.2 Å². The second kappa shape index (κ2) is 15.3. The summed E-state index contributed by atoms with van der Waals surface area (Å²) in [7, 11) is 0. The third-order valence-electron chi connectivity index (χ3n) is 7.04. The molecule has 0 unspecified atom stereocenters. The number of ether oxygens (including phenoxy) is 2. The number of anilines is 1. The van der Waals surface area contributed by atoms with Crippen LogP contribution in [0.4, 0.5) is 10.1 Å². The fourth-order valence-electron chi connectivity index (χ4n) is 4.75. The van der Waals surface area contributed by atoms with Crippen LogP contribution in [-0.2, 0) is 29.3 Å². The number of carbonyl (C=O) groups excluding carboxylic acids is 1. The molecule has 1 heterocycles. The maximum absolute atomic E-state index is 14.0. The number of rotatable bonds is 15. The molecule has 5 aromatic rings. The molecule has 0 atom stereocenters. The number of pyridine rings is 1. The first kappa shape index (κ1) is 30.9. The van der Waals surface area contributed by atoms with Crippen molar-refractivity contribution >= 4 is 22.6 Å². The first-order valence-electron chi connectivity index (χ1n) is 14.5. The van der Waals surface area contributed by atoms with Gasteiger partial charge in [-0.05, 0) is 84.6 Å². The van der Waals surface area contributed by atoms with E-state index in [0.29, 0.717) is 43.9 Å². The van der Waals surface area contributed by atoms with E-state index < -0.39 is 11.1 Å². The maximum Gasteiger partial charge on any atom is 0.338 e. The number of esters is 1. The van der Waals surface area contributed by atoms with Gasteiger partial charge >= 0.3 is 5.97 Å². The summed E-state index contributed by atoms with van der Waals surface area (Å²) in [5.41, 5.74) is 4.84. The standard InChI is InChI=1S/C35H32FN3O6/c36-30-8-5-6-27(22-30)24-38(23-26-10-12-29(13-11-26)35(40)43-20-3-4-21-45-39(41)42)32-16-18-33(19-17-32)44-25-31-15-14-28-7-1-2-9-34(28)37-31/h1-2,5-19,22H,3-4,20-21,23-25H2. The van der Waals surface area contributed by atoms with E-state index in [-0.39, 0.29) is 19.0 Å². The van der Waals surface area contributed by atoms with Crippen molar-refractivity contribution in [3.8, 4) is 5.75 Å². The lowest BCUT2D eigenvalue weighted by Gasteiger charge is -2.26. The Kier molecular flexibility index (Phi) is 10.5. The highest BCUT2D eigenvalue weighted by atomic mass is 19.1. The molecule has 1 aromatic heterocycles. The van der Waals surface area contributed by atoms with Crippen molar-refractivity contribution < 1.29 is 28.6 Å². The molecule has 0 saturated carbocycles. The fourth-order valence-corrected chi connectivity index (χ4v) is 4.75. The van der Waals surface area contributed by atoms with Crippen molar-refractivity contribution in [3.63, 3.8) is 0 Å². The highest BCUT2D eigenvalue weighted by Crippen LogP contribution is 2.25. The van der Waals surface area contributed by atoms with Gasteiger partial charge in [0.05, 0.1) is 30.0 Å². The minimum Gasteiger partial charge on any atom is -0.487 e. The predicted octanol–water partition coefficient (Wildman–Crippen LogP) is 7.31. The molecule has 0 spiro atoms. The molecule has 0 radical (unpaired) electrons. The predicted molar refractivity (Wildman–Crippen MR) is 168 cm³/mol. The van der Waals surface area contributed by atoms with Crippen molar-refractivity contribution in [1.29, 1.82) is 0 Å². The van der Waals surface area contributed by atoms with Crippen LogP contribution in [0.5, 0.6) is 5.75 Å². The summed E-state index contributed by atoms with van der Waals surface area (Å²) in [6.07, 6.45) is 0.861. The third kappa shape index (κ3) is 9.24. The summed E-state index contributed by atoms with van der Waals surface area (Å²) < 4.78 is 25.3. The SMILES string of the molecule is O=C(OCCCCO[N+](=O)[O-])c1ccc(CN(Cc2cccc(F)c2)c2ccc(OCc3ccc4ccccc4n3)cc2)cc1. The first-order chi connectivity index (χ1) is 21.9. The number of hydrogen-bond donors (Lipinski definition) is 0. The van der Waals surface area contributed by atoms with Crippen LogP contribution >= 0.6 is 0 Å². The van der Waals surface area contributed by atoms with Gasteiger partial charge in [-0.1, -0.05) is 48.5 Å². The monoisotopic (exact) mass is 609 g/mol. The Morgan fingerprint density at radius 2 is 1.58 bits per heavy atom. The Labute approximate surface area is 259 Å². The molecule has 4 aromatic carbocycles. The summed E-state index contributed by atoms with van der Waals surface area (Å²) in [6, 6.07) is 33.3. The van der Waals surface area contributed by atoms with Gasteiger partial charge in [0.25, 0.3) is 5.09 Å². The molecule has 0 bridgehead atoms. The maximum atomic E-state index is 14.0. The number of aromatic nitrogens is 1.